The molecule has 1 aromatic carbocycles. The fourth-order valence-electron chi connectivity index (χ4n) is 3.85. The monoisotopic (exact) mass is 245 g/mol. The first-order valence-corrected chi connectivity index (χ1v) is 6.98. The summed E-state index contributed by atoms with van der Waals surface area (Å²) in [5.74, 6) is 0. The predicted molar refractivity (Wildman–Crippen MR) is 78.9 cm³/mol. The van der Waals surface area contributed by atoms with Crippen molar-refractivity contribution in [2.24, 2.45) is 0 Å². The minimum absolute atomic E-state index is 0.232. The van der Waals surface area contributed by atoms with Crippen molar-refractivity contribution in [1.82, 2.24) is 4.90 Å². The third-order valence-electron chi connectivity index (χ3n) is 4.34. The molecule has 1 nitrogen and oxygen atoms in total. The first-order chi connectivity index (χ1) is 8.15. The van der Waals surface area contributed by atoms with Gasteiger partial charge in [0.1, 0.15) is 0 Å². The summed E-state index contributed by atoms with van der Waals surface area (Å²) < 4.78 is 0. The number of hydrogen-bond donors (Lipinski definition) is 0. The molecule has 0 bridgehead atoms. The van der Waals surface area contributed by atoms with E-state index in [4.69, 9.17) is 0 Å². The number of rotatable bonds is 1. The molecule has 0 N–H and O–H groups in total. The molecule has 0 aromatic heterocycles. The molecule has 0 radical (unpaired) electrons. The number of hydrogen-bond acceptors (Lipinski definition) is 1. The van der Waals surface area contributed by atoms with Crippen LogP contribution in [0.4, 0.5) is 0 Å². The number of nitrogens with zero attached hydrogens (tertiary/aromatic N) is 1. The van der Waals surface area contributed by atoms with Crippen LogP contribution in [0.2, 0.25) is 0 Å². The Balaban J connectivity index is 2.35. The van der Waals surface area contributed by atoms with E-state index in [9.17, 15) is 0 Å². The lowest BCUT2D eigenvalue weighted by Crippen LogP contribution is -2.50. The molecule has 100 valence electrons. The third-order valence-corrected chi connectivity index (χ3v) is 4.34. The van der Waals surface area contributed by atoms with Crippen LogP contribution in [0.25, 0.3) is 0 Å². The summed E-state index contributed by atoms with van der Waals surface area (Å²) >= 11 is 0. The first kappa shape index (κ1) is 13.6. The van der Waals surface area contributed by atoms with E-state index in [0.717, 1.165) is 6.54 Å². The second-order valence-corrected chi connectivity index (χ2v) is 7.67. The van der Waals surface area contributed by atoms with E-state index in [2.05, 4.69) is 76.8 Å². The largest absolute Gasteiger partial charge is 0.292 e. The quantitative estimate of drug-likeness (QED) is 0.716. The first-order valence-electron chi connectivity index (χ1n) is 6.98. The Hall–Kier alpha value is -0.820. The van der Waals surface area contributed by atoms with Crippen LogP contribution in [0.5, 0.6) is 0 Å². The van der Waals surface area contributed by atoms with Gasteiger partial charge in [-0.2, -0.15) is 0 Å². The maximum atomic E-state index is 2.66. The Kier molecular flexibility index (Phi) is 3.09. The number of benzene rings is 1. The molecule has 1 saturated heterocycles. The lowest BCUT2D eigenvalue weighted by Gasteiger charge is -2.42. The van der Waals surface area contributed by atoms with Gasteiger partial charge in [-0.05, 0) is 46.6 Å². The van der Waals surface area contributed by atoms with Crippen molar-refractivity contribution in [2.45, 2.75) is 64.5 Å². The normalized spacial score (nSPS) is 28.6. The van der Waals surface area contributed by atoms with E-state index >= 15 is 0 Å². The van der Waals surface area contributed by atoms with Crippen LogP contribution >= 0.6 is 0 Å². The SMILES string of the molecule is CC1(c2ccccc2)CN(C(C)(C)C)C(C)(C)C1. The average Bonchev–Trinajstić information content (AvgIpc) is 2.51. The molecule has 0 spiro atoms. The number of likely N-dealkylation sites (tertiary alicyclic amines) is 1. The van der Waals surface area contributed by atoms with Crippen molar-refractivity contribution in [3.8, 4) is 0 Å². The predicted octanol–water partition coefficient (Wildman–Crippen LogP) is 4.23. The highest BCUT2D eigenvalue weighted by molar-refractivity contribution is 5.28. The van der Waals surface area contributed by atoms with Gasteiger partial charge in [-0.25, -0.2) is 0 Å². The maximum absolute atomic E-state index is 2.66. The van der Waals surface area contributed by atoms with Crippen LogP contribution in [-0.4, -0.2) is 22.5 Å². The lowest BCUT2D eigenvalue weighted by atomic mass is 9.78. The van der Waals surface area contributed by atoms with E-state index in [1.807, 2.05) is 0 Å². The van der Waals surface area contributed by atoms with Gasteiger partial charge in [0.15, 0.2) is 0 Å². The smallest absolute Gasteiger partial charge is 0.0167 e. The average molecular weight is 245 g/mol. The van der Waals surface area contributed by atoms with E-state index in [1.165, 1.54) is 12.0 Å². The molecule has 1 aromatic rings. The zero-order valence-corrected chi connectivity index (χ0v) is 12.7. The Bertz CT molecular complexity index is 413. The molecular weight excluding hydrogens is 218 g/mol. The van der Waals surface area contributed by atoms with E-state index in [1.54, 1.807) is 0 Å². The van der Waals surface area contributed by atoms with Gasteiger partial charge in [0.2, 0.25) is 0 Å². The molecular formula is C17H27N. The van der Waals surface area contributed by atoms with Crippen molar-refractivity contribution in [3.63, 3.8) is 0 Å². The topological polar surface area (TPSA) is 3.24 Å². The highest BCUT2D eigenvalue weighted by Crippen LogP contribution is 2.46. The fraction of sp³-hybridized carbons (Fsp3) is 0.647. The molecule has 1 heteroatoms. The van der Waals surface area contributed by atoms with Gasteiger partial charge in [0.05, 0.1) is 0 Å². The molecule has 1 aliphatic heterocycles. The third kappa shape index (κ3) is 2.33. The van der Waals surface area contributed by atoms with E-state index in [0.29, 0.717) is 0 Å². The van der Waals surface area contributed by atoms with Crippen LogP contribution in [0.1, 0.15) is 53.5 Å². The maximum Gasteiger partial charge on any atom is 0.0167 e. The van der Waals surface area contributed by atoms with Crippen LogP contribution in [0.3, 0.4) is 0 Å². The highest BCUT2D eigenvalue weighted by atomic mass is 15.3. The second-order valence-electron chi connectivity index (χ2n) is 7.67. The minimum atomic E-state index is 0.232. The Morgan fingerprint density at radius 3 is 2.00 bits per heavy atom. The van der Waals surface area contributed by atoms with Gasteiger partial charge in [-0.3, -0.25) is 4.90 Å². The summed E-state index contributed by atoms with van der Waals surface area (Å²) in [5.41, 5.74) is 2.25. The van der Waals surface area contributed by atoms with Gasteiger partial charge >= 0.3 is 0 Å². The Morgan fingerprint density at radius 1 is 1.00 bits per heavy atom. The van der Waals surface area contributed by atoms with Crippen molar-refractivity contribution in [3.05, 3.63) is 35.9 Å². The summed E-state index contributed by atoms with van der Waals surface area (Å²) in [4.78, 5) is 2.66. The van der Waals surface area contributed by atoms with Crippen molar-refractivity contribution >= 4 is 0 Å². The molecule has 0 amide bonds. The van der Waals surface area contributed by atoms with E-state index in [-0.39, 0.29) is 16.5 Å². The second kappa shape index (κ2) is 4.09. The van der Waals surface area contributed by atoms with Crippen LogP contribution in [0.15, 0.2) is 30.3 Å². The van der Waals surface area contributed by atoms with Gasteiger partial charge < -0.3 is 0 Å². The standard InChI is InChI=1S/C17H27N/c1-15(2,3)18-13-17(6,12-16(18,4)5)14-10-8-7-9-11-14/h7-11H,12-13H2,1-6H3. The molecule has 1 unspecified atom stereocenters. The summed E-state index contributed by atoms with van der Waals surface area (Å²) in [6.45, 7) is 15.3. The molecule has 1 heterocycles. The van der Waals surface area contributed by atoms with Gasteiger partial charge in [-0.15, -0.1) is 0 Å². The van der Waals surface area contributed by atoms with Crippen molar-refractivity contribution in [1.29, 1.82) is 0 Å². The summed E-state index contributed by atoms with van der Waals surface area (Å²) in [6.07, 6.45) is 1.22. The zero-order chi connectivity index (χ0) is 13.6. The molecule has 0 saturated carbocycles. The van der Waals surface area contributed by atoms with Gasteiger partial charge in [-0.1, -0.05) is 37.3 Å². The molecule has 18 heavy (non-hydrogen) atoms. The lowest BCUT2D eigenvalue weighted by molar-refractivity contribution is 0.0667. The van der Waals surface area contributed by atoms with Gasteiger partial charge in [0.25, 0.3) is 0 Å². The fourth-order valence-corrected chi connectivity index (χ4v) is 3.85. The Labute approximate surface area is 112 Å². The Morgan fingerprint density at radius 2 is 1.56 bits per heavy atom. The molecule has 2 rings (SSSR count). The van der Waals surface area contributed by atoms with E-state index < -0.39 is 0 Å². The minimum Gasteiger partial charge on any atom is -0.292 e. The summed E-state index contributed by atoms with van der Waals surface area (Å²) in [6, 6.07) is 11.0. The van der Waals surface area contributed by atoms with Crippen LogP contribution in [0, 0.1) is 0 Å². The van der Waals surface area contributed by atoms with Crippen LogP contribution in [-0.2, 0) is 5.41 Å². The molecule has 1 atom stereocenters. The molecule has 1 aliphatic rings. The van der Waals surface area contributed by atoms with Gasteiger partial charge in [0, 0.05) is 23.0 Å². The van der Waals surface area contributed by atoms with Crippen molar-refractivity contribution in [2.75, 3.05) is 6.54 Å². The highest BCUT2D eigenvalue weighted by Gasteiger charge is 2.49. The zero-order valence-electron chi connectivity index (χ0n) is 12.7. The van der Waals surface area contributed by atoms with Crippen LogP contribution < -0.4 is 0 Å². The van der Waals surface area contributed by atoms with Crippen molar-refractivity contribution < 1.29 is 0 Å². The molecule has 1 fully saturated rings. The molecule has 0 aliphatic carbocycles. The summed E-state index contributed by atoms with van der Waals surface area (Å²) in [7, 11) is 0. The summed E-state index contributed by atoms with van der Waals surface area (Å²) in [5, 5.41) is 0.